The van der Waals surface area contributed by atoms with Crippen LogP contribution in [0.15, 0.2) is 12.1 Å². The summed E-state index contributed by atoms with van der Waals surface area (Å²) in [4.78, 5) is 15.1. The summed E-state index contributed by atoms with van der Waals surface area (Å²) in [5.41, 5.74) is -0.0118. The van der Waals surface area contributed by atoms with Crippen LogP contribution in [0.2, 0.25) is 0 Å². The molecule has 0 unspecified atom stereocenters. The molecule has 1 aromatic heterocycles. The van der Waals surface area contributed by atoms with Crippen LogP contribution in [0.25, 0.3) is 0 Å². The number of hydrogen-bond donors (Lipinski definition) is 0. The number of pyridine rings is 1. The number of anilines is 1. The Bertz CT molecular complexity index is 449. The SMILES string of the molecule is CCOc1ccc([N+](=O)[O-])c(N(CC)N(CC)CC)n1. The fraction of sp³-hybridized carbons (Fsp3) is 0.615. The highest BCUT2D eigenvalue weighted by molar-refractivity contribution is 5.58. The van der Waals surface area contributed by atoms with Gasteiger partial charge >= 0.3 is 5.69 Å². The van der Waals surface area contributed by atoms with Gasteiger partial charge in [-0.15, -0.1) is 0 Å². The number of aromatic nitrogens is 1. The molecule has 20 heavy (non-hydrogen) atoms. The van der Waals surface area contributed by atoms with Gasteiger partial charge in [0.1, 0.15) is 0 Å². The maximum Gasteiger partial charge on any atom is 0.313 e. The van der Waals surface area contributed by atoms with E-state index in [1.165, 1.54) is 12.1 Å². The van der Waals surface area contributed by atoms with Crippen LogP contribution < -0.4 is 9.75 Å². The van der Waals surface area contributed by atoms with E-state index in [9.17, 15) is 10.1 Å². The molecule has 112 valence electrons. The molecule has 0 saturated heterocycles. The number of hydrogen-bond acceptors (Lipinski definition) is 6. The van der Waals surface area contributed by atoms with Gasteiger partial charge in [0.15, 0.2) is 0 Å². The van der Waals surface area contributed by atoms with Gasteiger partial charge in [-0.3, -0.25) is 15.1 Å². The second-order valence-corrected chi connectivity index (χ2v) is 4.04. The van der Waals surface area contributed by atoms with Crippen LogP contribution in [-0.4, -0.2) is 41.2 Å². The number of hydrazine groups is 1. The van der Waals surface area contributed by atoms with Crippen LogP contribution in [0, 0.1) is 10.1 Å². The molecule has 0 atom stereocenters. The summed E-state index contributed by atoms with van der Waals surface area (Å²) in [7, 11) is 0. The van der Waals surface area contributed by atoms with Gasteiger partial charge in [-0.2, -0.15) is 4.98 Å². The predicted molar refractivity (Wildman–Crippen MR) is 78.0 cm³/mol. The van der Waals surface area contributed by atoms with Crippen molar-refractivity contribution in [3.63, 3.8) is 0 Å². The Balaban J connectivity index is 3.28. The lowest BCUT2D eigenvalue weighted by molar-refractivity contribution is -0.384. The fourth-order valence-corrected chi connectivity index (χ4v) is 2.03. The highest BCUT2D eigenvalue weighted by Crippen LogP contribution is 2.29. The van der Waals surface area contributed by atoms with E-state index >= 15 is 0 Å². The van der Waals surface area contributed by atoms with E-state index in [1.54, 1.807) is 0 Å². The predicted octanol–water partition coefficient (Wildman–Crippen LogP) is 2.47. The monoisotopic (exact) mass is 282 g/mol. The van der Waals surface area contributed by atoms with Crippen molar-refractivity contribution in [3.8, 4) is 5.88 Å². The first-order chi connectivity index (χ1) is 9.58. The van der Waals surface area contributed by atoms with Gasteiger partial charge in [0.05, 0.1) is 11.5 Å². The summed E-state index contributed by atoms with van der Waals surface area (Å²) in [6.07, 6.45) is 0. The minimum atomic E-state index is -0.412. The highest BCUT2D eigenvalue weighted by Gasteiger charge is 2.24. The zero-order valence-electron chi connectivity index (χ0n) is 12.5. The van der Waals surface area contributed by atoms with E-state index in [2.05, 4.69) is 4.98 Å². The summed E-state index contributed by atoms with van der Waals surface area (Å²) in [5.74, 6) is 0.728. The maximum absolute atomic E-state index is 11.2. The third-order valence-electron chi connectivity index (χ3n) is 2.93. The normalized spacial score (nSPS) is 10.7. The second-order valence-electron chi connectivity index (χ2n) is 4.04. The molecule has 1 heterocycles. The Morgan fingerprint density at radius 3 is 2.30 bits per heavy atom. The molecule has 7 heteroatoms. The smallest absolute Gasteiger partial charge is 0.313 e. The standard InChI is InChI=1S/C13H22N4O3/c1-5-15(6-2)16(7-3)13-11(17(18)19)9-10-12(14-13)20-8-4/h9-10H,5-8H2,1-4H3. The number of nitrogens with zero attached hydrogens (tertiary/aromatic N) is 4. The van der Waals surface area contributed by atoms with Crippen LogP contribution in [0.1, 0.15) is 27.7 Å². The first-order valence-electron chi connectivity index (χ1n) is 6.89. The molecular formula is C13H22N4O3. The zero-order valence-corrected chi connectivity index (χ0v) is 12.5. The number of rotatable bonds is 8. The van der Waals surface area contributed by atoms with Gasteiger partial charge in [0.2, 0.25) is 11.7 Å². The zero-order chi connectivity index (χ0) is 15.1. The molecule has 0 aromatic carbocycles. The molecule has 0 bridgehead atoms. The molecule has 1 aromatic rings. The van der Waals surface area contributed by atoms with Crippen LogP contribution in [0.3, 0.4) is 0 Å². The van der Waals surface area contributed by atoms with Crippen molar-refractivity contribution in [2.45, 2.75) is 27.7 Å². The summed E-state index contributed by atoms with van der Waals surface area (Å²) >= 11 is 0. The van der Waals surface area contributed by atoms with E-state index in [-0.39, 0.29) is 5.69 Å². The second kappa shape index (κ2) is 7.64. The molecule has 0 aliphatic rings. The van der Waals surface area contributed by atoms with Gasteiger partial charge < -0.3 is 4.74 Å². The van der Waals surface area contributed by atoms with Crippen molar-refractivity contribution < 1.29 is 9.66 Å². The molecule has 0 amide bonds. The Labute approximate surface area is 119 Å². The highest BCUT2D eigenvalue weighted by atomic mass is 16.6. The van der Waals surface area contributed by atoms with Gasteiger partial charge in [0.25, 0.3) is 0 Å². The average molecular weight is 282 g/mol. The minimum Gasteiger partial charge on any atom is -0.478 e. The molecule has 0 aliphatic heterocycles. The van der Waals surface area contributed by atoms with Crippen molar-refractivity contribution in [1.82, 2.24) is 9.99 Å². The largest absolute Gasteiger partial charge is 0.478 e. The lowest BCUT2D eigenvalue weighted by Gasteiger charge is -2.33. The molecule has 0 N–H and O–H groups in total. The molecular weight excluding hydrogens is 260 g/mol. The maximum atomic E-state index is 11.2. The van der Waals surface area contributed by atoms with Crippen LogP contribution >= 0.6 is 0 Å². The van der Waals surface area contributed by atoms with Gasteiger partial charge in [-0.05, 0) is 13.8 Å². The third kappa shape index (κ3) is 3.57. The lowest BCUT2D eigenvalue weighted by atomic mass is 10.3. The molecule has 0 saturated carbocycles. The quantitative estimate of drug-likeness (QED) is 0.539. The summed E-state index contributed by atoms with van der Waals surface area (Å²) in [6.45, 7) is 10.4. The van der Waals surface area contributed by atoms with Crippen molar-refractivity contribution >= 4 is 11.5 Å². The van der Waals surface area contributed by atoms with E-state index in [0.29, 0.717) is 24.8 Å². The molecule has 7 nitrogen and oxygen atoms in total. The van der Waals surface area contributed by atoms with Crippen molar-refractivity contribution in [2.75, 3.05) is 31.3 Å². The minimum absolute atomic E-state index is 0.0118. The summed E-state index contributed by atoms with van der Waals surface area (Å²) in [5, 5.41) is 15.0. The molecule has 1 rings (SSSR count). The van der Waals surface area contributed by atoms with Gasteiger partial charge in [-0.25, -0.2) is 5.01 Å². The topological polar surface area (TPSA) is 71.7 Å². The molecule has 0 fully saturated rings. The van der Waals surface area contributed by atoms with Gasteiger partial charge in [0, 0.05) is 31.8 Å². The first kappa shape index (κ1) is 16.2. The Morgan fingerprint density at radius 1 is 1.20 bits per heavy atom. The Morgan fingerprint density at radius 2 is 1.85 bits per heavy atom. The van der Waals surface area contributed by atoms with E-state index in [0.717, 1.165) is 13.1 Å². The van der Waals surface area contributed by atoms with E-state index < -0.39 is 4.92 Å². The van der Waals surface area contributed by atoms with E-state index in [1.807, 2.05) is 37.7 Å². The van der Waals surface area contributed by atoms with E-state index in [4.69, 9.17) is 4.74 Å². The summed E-state index contributed by atoms with van der Waals surface area (Å²) in [6, 6.07) is 2.97. The number of ether oxygens (including phenoxy) is 1. The average Bonchev–Trinajstić information content (AvgIpc) is 2.44. The lowest BCUT2D eigenvalue weighted by Crippen LogP contribution is -2.43. The van der Waals surface area contributed by atoms with Crippen LogP contribution in [0.4, 0.5) is 11.5 Å². The number of nitro groups is 1. The molecule has 0 aliphatic carbocycles. The van der Waals surface area contributed by atoms with Crippen LogP contribution in [0.5, 0.6) is 5.88 Å². The first-order valence-corrected chi connectivity index (χ1v) is 6.89. The molecule has 0 spiro atoms. The van der Waals surface area contributed by atoms with Crippen LogP contribution in [-0.2, 0) is 0 Å². The third-order valence-corrected chi connectivity index (χ3v) is 2.93. The van der Waals surface area contributed by atoms with Gasteiger partial charge in [-0.1, -0.05) is 13.8 Å². The fourth-order valence-electron chi connectivity index (χ4n) is 2.03. The van der Waals surface area contributed by atoms with Crippen molar-refractivity contribution in [2.24, 2.45) is 0 Å². The Hall–Kier alpha value is -1.89. The summed E-state index contributed by atoms with van der Waals surface area (Å²) < 4.78 is 5.34. The molecule has 0 radical (unpaired) electrons. The Kier molecular flexibility index (Phi) is 6.17. The van der Waals surface area contributed by atoms with Crippen molar-refractivity contribution in [3.05, 3.63) is 22.2 Å². The van der Waals surface area contributed by atoms with Crippen molar-refractivity contribution in [1.29, 1.82) is 0 Å².